The maximum absolute atomic E-state index is 11.4. The van der Waals surface area contributed by atoms with E-state index in [0.717, 1.165) is 25.7 Å². The van der Waals surface area contributed by atoms with Gasteiger partial charge in [-0.25, -0.2) is 12.7 Å². The van der Waals surface area contributed by atoms with Crippen molar-refractivity contribution < 1.29 is 18.3 Å². The molecule has 0 aromatic rings. The summed E-state index contributed by atoms with van der Waals surface area (Å²) in [6, 6.07) is 0.276. The number of rotatable bonds is 9. The zero-order valence-corrected chi connectivity index (χ0v) is 13.4. The topological polar surface area (TPSA) is 78.9 Å². The maximum atomic E-state index is 11.4. The molecule has 0 saturated carbocycles. The summed E-state index contributed by atoms with van der Waals surface area (Å²) >= 11 is 0. The third-order valence-electron chi connectivity index (χ3n) is 3.52. The highest BCUT2D eigenvalue weighted by Gasteiger charge is 2.24. The van der Waals surface area contributed by atoms with Gasteiger partial charge in [0.15, 0.2) is 0 Å². The second-order valence-electron chi connectivity index (χ2n) is 5.43. The van der Waals surface area contributed by atoms with Crippen LogP contribution in [0, 0.1) is 0 Å². The summed E-state index contributed by atoms with van der Waals surface area (Å²) < 4.78 is 29.6. The van der Waals surface area contributed by atoms with E-state index in [9.17, 15) is 13.5 Å². The molecule has 0 aliphatic carbocycles. The molecule has 0 amide bonds. The first-order valence-electron chi connectivity index (χ1n) is 7.37. The zero-order valence-electron chi connectivity index (χ0n) is 12.5. The normalized spacial score (nSPS) is 20.1. The van der Waals surface area contributed by atoms with Crippen molar-refractivity contribution in [2.24, 2.45) is 0 Å². The van der Waals surface area contributed by atoms with Gasteiger partial charge in [0.2, 0.25) is 10.0 Å². The van der Waals surface area contributed by atoms with E-state index in [4.69, 9.17) is 4.74 Å². The van der Waals surface area contributed by atoms with Gasteiger partial charge in [-0.05, 0) is 19.3 Å². The molecule has 1 fully saturated rings. The van der Waals surface area contributed by atoms with Crippen molar-refractivity contribution in [1.29, 1.82) is 0 Å². The quantitative estimate of drug-likeness (QED) is 0.594. The fraction of sp³-hybridized carbons (Fsp3) is 1.00. The van der Waals surface area contributed by atoms with E-state index in [1.54, 1.807) is 0 Å². The van der Waals surface area contributed by atoms with Gasteiger partial charge >= 0.3 is 0 Å². The molecular weight excluding hydrogens is 280 g/mol. The first-order valence-corrected chi connectivity index (χ1v) is 9.22. The van der Waals surface area contributed by atoms with Crippen molar-refractivity contribution in [3.63, 3.8) is 0 Å². The number of aliphatic hydroxyl groups excluding tert-OH is 1. The van der Waals surface area contributed by atoms with Crippen LogP contribution >= 0.6 is 0 Å². The molecule has 1 heterocycles. The average Bonchev–Trinajstić information content (AvgIpc) is 2.41. The Balaban J connectivity index is 2.12. The van der Waals surface area contributed by atoms with Crippen LogP contribution in [0.1, 0.15) is 32.6 Å². The van der Waals surface area contributed by atoms with Crippen LogP contribution in [0.5, 0.6) is 0 Å². The Morgan fingerprint density at radius 2 is 2.05 bits per heavy atom. The second-order valence-corrected chi connectivity index (χ2v) is 7.41. The molecule has 1 rings (SSSR count). The van der Waals surface area contributed by atoms with Crippen molar-refractivity contribution in [3.8, 4) is 0 Å². The minimum Gasteiger partial charge on any atom is -0.389 e. The average molecular weight is 308 g/mol. The fourth-order valence-electron chi connectivity index (χ4n) is 2.22. The lowest BCUT2D eigenvalue weighted by Gasteiger charge is -2.31. The number of ether oxygens (including phenoxy) is 1. The Morgan fingerprint density at radius 3 is 2.60 bits per heavy atom. The number of hydrogen-bond donors (Lipinski definition) is 2. The van der Waals surface area contributed by atoms with Gasteiger partial charge in [0.05, 0.1) is 19.0 Å². The van der Waals surface area contributed by atoms with Crippen molar-refractivity contribution in [3.05, 3.63) is 0 Å². The molecule has 7 heteroatoms. The van der Waals surface area contributed by atoms with Crippen LogP contribution in [0.25, 0.3) is 0 Å². The third kappa shape index (κ3) is 6.99. The maximum Gasteiger partial charge on any atom is 0.211 e. The molecule has 0 bridgehead atoms. The molecule has 1 atom stereocenters. The SMILES string of the molecule is CCCCOCC(O)CNC1CCN(S(C)(=O)=O)CC1. The van der Waals surface area contributed by atoms with Crippen molar-refractivity contribution in [2.75, 3.05) is 39.1 Å². The summed E-state index contributed by atoms with van der Waals surface area (Å²) in [5, 5.41) is 13.0. The van der Waals surface area contributed by atoms with E-state index in [1.807, 2.05) is 0 Å². The lowest BCUT2D eigenvalue weighted by molar-refractivity contribution is 0.0337. The highest BCUT2D eigenvalue weighted by atomic mass is 32.2. The largest absolute Gasteiger partial charge is 0.389 e. The van der Waals surface area contributed by atoms with Gasteiger partial charge in [0, 0.05) is 32.3 Å². The van der Waals surface area contributed by atoms with E-state index in [2.05, 4.69) is 12.2 Å². The predicted molar refractivity (Wildman–Crippen MR) is 79.2 cm³/mol. The van der Waals surface area contributed by atoms with Gasteiger partial charge < -0.3 is 15.2 Å². The van der Waals surface area contributed by atoms with Crippen LogP contribution in [-0.2, 0) is 14.8 Å². The minimum atomic E-state index is -3.06. The van der Waals surface area contributed by atoms with E-state index in [1.165, 1.54) is 10.6 Å². The molecule has 120 valence electrons. The summed E-state index contributed by atoms with van der Waals surface area (Å²) in [4.78, 5) is 0. The number of hydrogen-bond acceptors (Lipinski definition) is 5. The van der Waals surface area contributed by atoms with Gasteiger partial charge in [0.25, 0.3) is 0 Å². The third-order valence-corrected chi connectivity index (χ3v) is 4.82. The van der Waals surface area contributed by atoms with E-state index < -0.39 is 16.1 Å². The smallest absolute Gasteiger partial charge is 0.211 e. The lowest BCUT2D eigenvalue weighted by atomic mass is 10.1. The zero-order chi connectivity index (χ0) is 15.0. The van der Waals surface area contributed by atoms with E-state index >= 15 is 0 Å². The van der Waals surface area contributed by atoms with Crippen LogP contribution in [0.2, 0.25) is 0 Å². The van der Waals surface area contributed by atoms with Crippen LogP contribution in [0.3, 0.4) is 0 Å². The minimum absolute atomic E-state index is 0.276. The fourth-order valence-corrected chi connectivity index (χ4v) is 3.09. The number of unbranched alkanes of at least 4 members (excludes halogenated alkanes) is 1. The van der Waals surface area contributed by atoms with Gasteiger partial charge in [-0.15, -0.1) is 0 Å². The number of nitrogens with one attached hydrogen (secondary N) is 1. The monoisotopic (exact) mass is 308 g/mol. The molecular formula is C13H28N2O4S. The van der Waals surface area contributed by atoms with Gasteiger partial charge in [0.1, 0.15) is 0 Å². The summed E-state index contributed by atoms with van der Waals surface area (Å²) in [6.07, 6.45) is 4.43. The number of aliphatic hydroxyl groups is 1. The van der Waals surface area contributed by atoms with Crippen LogP contribution in [0.4, 0.5) is 0 Å². The summed E-state index contributed by atoms with van der Waals surface area (Å²) in [5.41, 5.74) is 0. The second kappa shape index (κ2) is 8.94. The first-order chi connectivity index (χ1) is 9.43. The highest BCUT2D eigenvalue weighted by molar-refractivity contribution is 7.88. The molecule has 0 aromatic heterocycles. The molecule has 1 unspecified atom stereocenters. The molecule has 2 N–H and O–H groups in total. The molecule has 20 heavy (non-hydrogen) atoms. The van der Waals surface area contributed by atoms with Gasteiger partial charge in [-0.1, -0.05) is 13.3 Å². The van der Waals surface area contributed by atoms with Crippen LogP contribution in [0.15, 0.2) is 0 Å². The molecule has 1 aliphatic rings. The summed E-state index contributed by atoms with van der Waals surface area (Å²) in [7, 11) is -3.06. The van der Waals surface area contributed by atoms with E-state index in [-0.39, 0.29) is 6.04 Å². The molecule has 6 nitrogen and oxygen atoms in total. The molecule has 1 aliphatic heterocycles. The molecule has 1 saturated heterocycles. The Hall–Kier alpha value is -0.210. The standard InChI is InChI=1S/C13H28N2O4S/c1-3-4-9-19-11-13(16)10-14-12-5-7-15(8-6-12)20(2,17)18/h12-14,16H,3-11H2,1-2H3. The Labute approximate surface area is 122 Å². The van der Waals surface area contributed by atoms with Gasteiger partial charge in [-0.2, -0.15) is 0 Å². The molecule has 0 aromatic carbocycles. The Bertz CT molecular complexity index is 353. The molecule has 0 spiro atoms. The number of piperidine rings is 1. The predicted octanol–water partition coefficient (Wildman–Crippen LogP) is 0.178. The number of nitrogens with zero attached hydrogens (tertiary/aromatic N) is 1. The van der Waals surface area contributed by atoms with Crippen LogP contribution in [-0.4, -0.2) is 69.1 Å². The lowest BCUT2D eigenvalue weighted by Crippen LogP contribution is -2.46. The highest BCUT2D eigenvalue weighted by Crippen LogP contribution is 2.13. The number of sulfonamides is 1. The summed E-state index contributed by atoms with van der Waals surface area (Å²) in [5.74, 6) is 0. The van der Waals surface area contributed by atoms with Crippen LogP contribution < -0.4 is 5.32 Å². The Kier molecular flexibility index (Phi) is 7.98. The van der Waals surface area contributed by atoms with Crippen molar-refractivity contribution in [1.82, 2.24) is 9.62 Å². The van der Waals surface area contributed by atoms with Crippen molar-refractivity contribution in [2.45, 2.75) is 44.8 Å². The van der Waals surface area contributed by atoms with Gasteiger partial charge in [-0.3, -0.25) is 0 Å². The summed E-state index contributed by atoms with van der Waals surface area (Å²) in [6.45, 7) is 4.76. The Morgan fingerprint density at radius 1 is 1.40 bits per heavy atom. The first kappa shape index (κ1) is 17.8. The van der Waals surface area contributed by atoms with Crippen molar-refractivity contribution >= 4 is 10.0 Å². The van der Waals surface area contributed by atoms with E-state index in [0.29, 0.717) is 32.8 Å². The molecule has 0 radical (unpaired) electrons.